The molecule has 2 aromatic carbocycles. The minimum absolute atomic E-state index is 0.419. The van der Waals surface area contributed by atoms with Crippen molar-refractivity contribution < 1.29 is 4.79 Å². The smallest absolute Gasteiger partial charge is 0.150 e. The molecule has 0 aliphatic carbocycles. The molecule has 0 fully saturated rings. The summed E-state index contributed by atoms with van der Waals surface area (Å²) in [6, 6.07) is 16.6. The van der Waals surface area contributed by atoms with E-state index in [0.29, 0.717) is 11.6 Å². The highest BCUT2D eigenvalue weighted by atomic mass is 16.1. The number of hydrogen-bond donors (Lipinski definition) is 0. The van der Waals surface area contributed by atoms with Crippen molar-refractivity contribution in [2.75, 3.05) is 0 Å². The zero-order chi connectivity index (χ0) is 14.1. The van der Waals surface area contributed by atoms with E-state index in [2.05, 4.69) is 48.9 Å². The Morgan fingerprint density at radius 2 is 1.70 bits per heavy atom. The zero-order valence-corrected chi connectivity index (χ0v) is 11.7. The van der Waals surface area contributed by atoms with E-state index < -0.39 is 0 Å². The van der Waals surface area contributed by atoms with Gasteiger partial charge in [-0.1, -0.05) is 42.5 Å². The minimum atomic E-state index is 0.419. The third-order valence-corrected chi connectivity index (χ3v) is 3.65. The quantitative estimate of drug-likeness (QED) is 0.628. The van der Waals surface area contributed by atoms with Crippen LogP contribution in [0.25, 0.3) is 22.0 Å². The van der Waals surface area contributed by atoms with E-state index in [1.807, 2.05) is 24.3 Å². The number of aldehydes is 1. The van der Waals surface area contributed by atoms with Crippen LogP contribution < -0.4 is 0 Å². The normalized spacial score (nSPS) is 11.2. The van der Waals surface area contributed by atoms with Crippen LogP contribution in [0.4, 0.5) is 0 Å². The van der Waals surface area contributed by atoms with Crippen LogP contribution in [-0.2, 0) is 0 Å². The van der Waals surface area contributed by atoms with Crippen molar-refractivity contribution in [3.05, 3.63) is 60.3 Å². The Morgan fingerprint density at radius 3 is 2.35 bits per heavy atom. The Labute approximate surface area is 118 Å². The lowest BCUT2D eigenvalue weighted by Gasteiger charge is -2.08. The molecule has 3 rings (SSSR count). The molecule has 0 aliphatic heterocycles. The minimum Gasteiger partial charge on any atom is -0.344 e. The van der Waals surface area contributed by atoms with Crippen LogP contribution in [0, 0.1) is 0 Å². The van der Waals surface area contributed by atoms with Gasteiger partial charge < -0.3 is 4.57 Å². The van der Waals surface area contributed by atoms with Crippen LogP contribution in [0.15, 0.2) is 54.7 Å². The van der Waals surface area contributed by atoms with Gasteiger partial charge >= 0.3 is 0 Å². The van der Waals surface area contributed by atoms with Crippen molar-refractivity contribution in [2.45, 2.75) is 19.9 Å². The number of rotatable bonds is 3. The molecule has 100 valence electrons. The monoisotopic (exact) mass is 263 g/mol. The Kier molecular flexibility index (Phi) is 3.15. The molecule has 0 saturated carbocycles. The molecule has 0 atom stereocenters. The fourth-order valence-electron chi connectivity index (χ4n) is 2.60. The van der Waals surface area contributed by atoms with E-state index >= 15 is 0 Å². The molecule has 1 heterocycles. The zero-order valence-electron chi connectivity index (χ0n) is 11.7. The molecule has 3 aromatic rings. The molecule has 0 N–H and O–H groups in total. The van der Waals surface area contributed by atoms with E-state index in [-0.39, 0.29) is 0 Å². The first kappa shape index (κ1) is 12.7. The van der Waals surface area contributed by atoms with Gasteiger partial charge in [0.1, 0.15) is 6.29 Å². The number of hydrogen-bond acceptors (Lipinski definition) is 1. The molecule has 0 unspecified atom stereocenters. The lowest BCUT2D eigenvalue weighted by Crippen LogP contribution is -1.97. The van der Waals surface area contributed by atoms with Crippen molar-refractivity contribution >= 4 is 17.2 Å². The van der Waals surface area contributed by atoms with E-state index in [4.69, 9.17) is 0 Å². The first-order chi connectivity index (χ1) is 9.70. The molecule has 2 nitrogen and oxygen atoms in total. The maximum absolute atomic E-state index is 10.8. The van der Waals surface area contributed by atoms with Gasteiger partial charge in [0.15, 0.2) is 0 Å². The summed E-state index contributed by atoms with van der Waals surface area (Å²) in [6.07, 6.45) is 3.08. The summed E-state index contributed by atoms with van der Waals surface area (Å²) in [5, 5.41) is 1.25. The number of carbonyl (C=O) groups is 1. The standard InChI is InChI=1S/C18H17NO/c1-13(2)19-11-17(16-5-3-4-6-18(16)19)15-9-7-14(12-20)8-10-15/h3-13H,1-2H3. The molecule has 0 saturated heterocycles. The van der Waals surface area contributed by atoms with Crippen LogP contribution >= 0.6 is 0 Å². The third kappa shape index (κ3) is 2.03. The summed E-state index contributed by atoms with van der Waals surface area (Å²) in [5.41, 5.74) is 4.32. The first-order valence-corrected chi connectivity index (χ1v) is 6.86. The van der Waals surface area contributed by atoms with Gasteiger partial charge in [0.2, 0.25) is 0 Å². The Morgan fingerprint density at radius 1 is 1.00 bits per heavy atom. The second-order valence-electron chi connectivity index (χ2n) is 5.30. The summed E-state index contributed by atoms with van der Waals surface area (Å²) in [5.74, 6) is 0. The highest BCUT2D eigenvalue weighted by Gasteiger charge is 2.11. The highest BCUT2D eigenvalue weighted by Crippen LogP contribution is 2.32. The van der Waals surface area contributed by atoms with Crippen LogP contribution in [-0.4, -0.2) is 10.9 Å². The summed E-state index contributed by atoms with van der Waals surface area (Å²) in [7, 11) is 0. The summed E-state index contributed by atoms with van der Waals surface area (Å²) in [4.78, 5) is 10.8. The fourth-order valence-corrected chi connectivity index (χ4v) is 2.60. The van der Waals surface area contributed by atoms with Gasteiger partial charge in [-0.25, -0.2) is 0 Å². The average molecular weight is 263 g/mol. The predicted molar refractivity (Wildman–Crippen MR) is 83.1 cm³/mol. The van der Waals surface area contributed by atoms with Crippen LogP contribution in [0.1, 0.15) is 30.2 Å². The highest BCUT2D eigenvalue weighted by molar-refractivity contribution is 5.96. The Hall–Kier alpha value is -2.35. The van der Waals surface area contributed by atoms with Gasteiger partial charge in [-0.2, -0.15) is 0 Å². The van der Waals surface area contributed by atoms with E-state index in [0.717, 1.165) is 11.8 Å². The van der Waals surface area contributed by atoms with Gasteiger partial charge in [0.05, 0.1) is 0 Å². The number of para-hydroxylation sites is 1. The molecular formula is C18H17NO. The van der Waals surface area contributed by atoms with Crippen LogP contribution in [0.2, 0.25) is 0 Å². The summed E-state index contributed by atoms with van der Waals surface area (Å²) in [6.45, 7) is 4.37. The topological polar surface area (TPSA) is 22.0 Å². The second-order valence-corrected chi connectivity index (χ2v) is 5.30. The Balaban J connectivity index is 2.22. The van der Waals surface area contributed by atoms with Crippen molar-refractivity contribution in [3.63, 3.8) is 0 Å². The SMILES string of the molecule is CC(C)n1cc(-c2ccc(C=O)cc2)c2ccccc21. The molecular weight excluding hydrogens is 246 g/mol. The summed E-state index contributed by atoms with van der Waals surface area (Å²) >= 11 is 0. The van der Waals surface area contributed by atoms with Crippen molar-refractivity contribution in [2.24, 2.45) is 0 Å². The van der Waals surface area contributed by atoms with Gasteiger partial charge in [-0.15, -0.1) is 0 Å². The number of benzene rings is 2. The Bertz CT molecular complexity index is 751. The molecule has 1 aromatic heterocycles. The van der Waals surface area contributed by atoms with E-state index in [1.165, 1.54) is 16.5 Å². The molecule has 0 spiro atoms. The lowest BCUT2D eigenvalue weighted by atomic mass is 10.0. The number of fused-ring (bicyclic) bond motifs is 1. The molecule has 2 heteroatoms. The van der Waals surface area contributed by atoms with Crippen molar-refractivity contribution in [1.82, 2.24) is 4.57 Å². The van der Waals surface area contributed by atoms with Gasteiger partial charge in [-0.3, -0.25) is 4.79 Å². The first-order valence-electron chi connectivity index (χ1n) is 6.86. The number of carbonyl (C=O) groups excluding carboxylic acids is 1. The fraction of sp³-hybridized carbons (Fsp3) is 0.167. The number of aromatic nitrogens is 1. The lowest BCUT2D eigenvalue weighted by molar-refractivity contribution is 0.112. The third-order valence-electron chi connectivity index (χ3n) is 3.65. The summed E-state index contributed by atoms with van der Waals surface area (Å²) < 4.78 is 2.29. The van der Waals surface area contributed by atoms with Gasteiger partial charge in [0, 0.05) is 34.3 Å². The van der Waals surface area contributed by atoms with Crippen LogP contribution in [0.5, 0.6) is 0 Å². The largest absolute Gasteiger partial charge is 0.344 e. The predicted octanol–water partition coefficient (Wildman–Crippen LogP) is 4.70. The van der Waals surface area contributed by atoms with Crippen LogP contribution in [0.3, 0.4) is 0 Å². The second kappa shape index (κ2) is 4.97. The molecule has 20 heavy (non-hydrogen) atoms. The van der Waals surface area contributed by atoms with Crippen molar-refractivity contribution in [3.8, 4) is 11.1 Å². The number of nitrogens with zero attached hydrogens (tertiary/aromatic N) is 1. The van der Waals surface area contributed by atoms with Crippen molar-refractivity contribution in [1.29, 1.82) is 0 Å². The van der Waals surface area contributed by atoms with Gasteiger partial charge in [-0.05, 0) is 25.5 Å². The van der Waals surface area contributed by atoms with Gasteiger partial charge in [0.25, 0.3) is 0 Å². The van der Waals surface area contributed by atoms with E-state index in [1.54, 1.807) is 0 Å². The molecule has 0 bridgehead atoms. The molecule has 0 amide bonds. The van der Waals surface area contributed by atoms with E-state index in [9.17, 15) is 4.79 Å². The molecule has 0 radical (unpaired) electrons. The average Bonchev–Trinajstić information content (AvgIpc) is 2.87. The maximum atomic E-state index is 10.8. The molecule has 0 aliphatic rings. The maximum Gasteiger partial charge on any atom is 0.150 e.